The first-order valence-corrected chi connectivity index (χ1v) is 8.11. The normalized spacial score (nSPS) is 35.8. The highest BCUT2D eigenvalue weighted by atomic mass is 32.1. The number of rotatable bonds is 2. The first-order valence-electron chi connectivity index (χ1n) is 7.70. The highest BCUT2D eigenvalue weighted by molar-refractivity contribution is 7.80. The molecule has 2 bridgehead atoms. The summed E-state index contributed by atoms with van der Waals surface area (Å²) in [6.07, 6.45) is 8.62. The maximum absolute atomic E-state index is 12.9. The van der Waals surface area contributed by atoms with Crippen LogP contribution >= 0.6 is 12.2 Å². The molecule has 4 rings (SSSR count). The van der Waals surface area contributed by atoms with Crippen LogP contribution in [0.1, 0.15) is 19.3 Å². The molecule has 2 fully saturated rings. The molecule has 0 aliphatic heterocycles. The van der Waals surface area contributed by atoms with Gasteiger partial charge in [-0.3, -0.25) is 0 Å². The van der Waals surface area contributed by atoms with Crippen LogP contribution in [0.4, 0.5) is 10.1 Å². The number of hydrogen-bond donors (Lipinski definition) is 2. The maximum Gasteiger partial charge on any atom is 0.171 e. The van der Waals surface area contributed by atoms with Gasteiger partial charge in [-0.1, -0.05) is 12.2 Å². The molecule has 21 heavy (non-hydrogen) atoms. The van der Waals surface area contributed by atoms with E-state index in [1.54, 1.807) is 12.1 Å². The number of thiocarbonyl (C=S) groups is 1. The number of anilines is 1. The van der Waals surface area contributed by atoms with Gasteiger partial charge in [-0.15, -0.1) is 0 Å². The molecule has 0 amide bonds. The topological polar surface area (TPSA) is 24.1 Å². The quantitative estimate of drug-likeness (QED) is 0.643. The molecule has 0 radical (unpaired) electrons. The molecular formula is C17H19FN2S. The van der Waals surface area contributed by atoms with Crippen LogP contribution in [0.3, 0.4) is 0 Å². The Morgan fingerprint density at radius 1 is 1.14 bits per heavy atom. The van der Waals surface area contributed by atoms with E-state index in [1.807, 2.05) is 0 Å². The predicted octanol–water partition coefficient (Wildman–Crippen LogP) is 3.71. The van der Waals surface area contributed by atoms with Crippen molar-refractivity contribution >= 4 is 23.0 Å². The monoisotopic (exact) mass is 302 g/mol. The Hall–Kier alpha value is -1.42. The molecule has 110 valence electrons. The summed E-state index contributed by atoms with van der Waals surface area (Å²) in [6, 6.07) is 6.78. The van der Waals surface area contributed by atoms with E-state index in [0.29, 0.717) is 11.2 Å². The van der Waals surface area contributed by atoms with Crippen molar-refractivity contribution < 1.29 is 4.39 Å². The van der Waals surface area contributed by atoms with Crippen LogP contribution < -0.4 is 10.6 Å². The molecule has 0 unspecified atom stereocenters. The third kappa shape index (κ3) is 2.35. The smallest absolute Gasteiger partial charge is 0.171 e. The van der Waals surface area contributed by atoms with Crippen LogP contribution in [0.15, 0.2) is 36.4 Å². The fraction of sp³-hybridized carbons (Fsp3) is 0.471. The average molecular weight is 302 g/mol. The summed E-state index contributed by atoms with van der Waals surface area (Å²) in [5, 5.41) is 7.28. The fourth-order valence-electron chi connectivity index (χ4n) is 4.58. The molecule has 0 spiro atoms. The fourth-order valence-corrected chi connectivity index (χ4v) is 4.85. The van der Waals surface area contributed by atoms with Crippen molar-refractivity contribution in [2.45, 2.75) is 25.3 Å². The molecule has 3 aliphatic rings. The summed E-state index contributed by atoms with van der Waals surface area (Å²) in [5.41, 5.74) is 0.829. The number of halogens is 1. The molecule has 0 aromatic heterocycles. The molecule has 2 nitrogen and oxygen atoms in total. The zero-order valence-electron chi connectivity index (χ0n) is 11.8. The lowest BCUT2D eigenvalue weighted by atomic mass is 9.79. The first-order chi connectivity index (χ1) is 10.2. The molecular weight excluding hydrogens is 283 g/mol. The Labute approximate surface area is 129 Å². The molecule has 4 heteroatoms. The third-order valence-electron chi connectivity index (χ3n) is 5.43. The Morgan fingerprint density at radius 2 is 1.95 bits per heavy atom. The highest BCUT2D eigenvalue weighted by Crippen LogP contribution is 2.56. The van der Waals surface area contributed by atoms with E-state index in [0.717, 1.165) is 29.4 Å². The number of nitrogens with one attached hydrogen (secondary N) is 2. The van der Waals surface area contributed by atoms with Crippen LogP contribution in [0, 0.1) is 29.5 Å². The Balaban J connectivity index is 1.37. The minimum absolute atomic E-state index is 0.230. The second kappa shape index (κ2) is 5.09. The first kappa shape index (κ1) is 13.3. The average Bonchev–Trinajstić information content (AvgIpc) is 3.13. The molecule has 0 heterocycles. The molecule has 3 aliphatic carbocycles. The molecule has 0 saturated heterocycles. The van der Waals surface area contributed by atoms with Crippen molar-refractivity contribution in [1.82, 2.24) is 5.32 Å². The summed E-state index contributed by atoms with van der Waals surface area (Å²) in [6.45, 7) is 0. The zero-order chi connectivity index (χ0) is 14.4. The second-order valence-electron chi connectivity index (χ2n) is 6.51. The molecule has 2 N–H and O–H groups in total. The van der Waals surface area contributed by atoms with Gasteiger partial charge in [-0.05, 0) is 79.4 Å². The van der Waals surface area contributed by atoms with E-state index < -0.39 is 0 Å². The number of fused-ring (bicyclic) bond motifs is 5. The van der Waals surface area contributed by atoms with E-state index in [-0.39, 0.29) is 5.82 Å². The van der Waals surface area contributed by atoms with E-state index in [2.05, 4.69) is 22.8 Å². The van der Waals surface area contributed by atoms with Crippen molar-refractivity contribution in [3.63, 3.8) is 0 Å². The number of allylic oxidation sites excluding steroid dienone is 2. The van der Waals surface area contributed by atoms with Gasteiger partial charge >= 0.3 is 0 Å². The number of benzene rings is 1. The van der Waals surface area contributed by atoms with Gasteiger partial charge in [0.05, 0.1) is 0 Å². The van der Waals surface area contributed by atoms with Gasteiger partial charge in [0.25, 0.3) is 0 Å². The minimum atomic E-state index is -0.230. The van der Waals surface area contributed by atoms with Crippen molar-refractivity contribution in [3.8, 4) is 0 Å². The van der Waals surface area contributed by atoms with Gasteiger partial charge in [-0.25, -0.2) is 4.39 Å². The van der Waals surface area contributed by atoms with Gasteiger partial charge in [0, 0.05) is 11.7 Å². The highest BCUT2D eigenvalue weighted by Gasteiger charge is 2.52. The summed E-state index contributed by atoms with van der Waals surface area (Å²) in [4.78, 5) is 0. The van der Waals surface area contributed by atoms with Gasteiger partial charge < -0.3 is 10.6 Å². The molecule has 1 aromatic carbocycles. The minimum Gasteiger partial charge on any atom is -0.359 e. The Kier molecular flexibility index (Phi) is 3.21. The molecule has 1 aromatic rings. The lowest BCUT2D eigenvalue weighted by Gasteiger charge is -2.32. The molecule has 2 saturated carbocycles. The van der Waals surface area contributed by atoms with E-state index in [1.165, 1.54) is 31.4 Å². The predicted molar refractivity (Wildman–Crippen MR) is 86.5 cm³/mol. The van der Waals surface area contributed by atoms with Gasteiger partial charge in [0.2, 0.25) is 0 Å². The summed E-state index contributed by atoms with van der Waals surface area (Å²) in [5.74, 6) is 3.01. The summed E-state index contributed by atoms with van der Waals surface area (Å²) in [7, 11) is 0. The van der Waals surface area contributed by atoms with Crippen molar-refractivity contribution in [1.29, 1.82) is 0 Å². The standard InChI is InChI=1S/C17H19FN2S/c18-11-4-6-12(7-5-11)19-17(21)20-16-9-10-8-15(16)14-3-1-2-13(10)14/h1,3-7,10,13-16H,2,8-9H2,(H2,19,20,21)/t10-,13-,14+,15-,16-/m1/s1. The lowest BCUT2D eigenvalue weighted by Crippen LogP contribution is -2.44. The lowest BCUT2D eigenvalue weighted by molar-refractivity contribution is 0.246. The van der Waals surface area contributed by atoms with Crippen LogP contribution in [0.25, 0.3) is 0 Å². The zero-order valence-corrected chi connectivity index (χ0v) is 12.6. The Morgan fingerprint density at radius 3 is 2.76 bits per heavy atom. The van der Waals surface area contributed by atoms with Crippen LogP contribution in [0.2, 0.25) is 0 Å². The van der Waals surface area contributed by atoms with E-state index in [4.69, 9.17) is 12.2 Å². The van der Waals surface area contributed by atoms with Crippen molar-refractivity contribution in [3.05, 3.63) is 42.2 Å². The maximum atomic E-state index is 12.9. The largest absolute Gasteiger partial charge is 0.359 e. The van der Waals surface area contributed by atoms with Gasteiger partial charge in [0.15, 0.2) is 5.11 Å². The number of hydrogen-bond acceptors (Lipinski definition) is 1. The van der Waals surface area contributed by atoms with Gasteiger partial charge in [-0.2, -0.15) is 0 Å². The summed E-state index contributed by atoms with van der Waals surface area (Å²) < 4.78 is 12.9. The Bertz CT molecular complexity index is 583. The van der Waals surface area contributed by atoms with Crippen LogP contribution in [0.5, 0.6) is 0 Å². The van der Waals surface area contributed by atoms with Crippen LogP contribution in [-0.2, 0) is 0 Å². The summed E-state index contributed by atoms with van der Waals surface area (Å²) >= 11 is 5.41. The second-order valence-corrected chi connectivity index (χ2v) is 6.92. The van der Waals surface area contributed by atoms with E-state index >= 15 is 0 Å². The van der Waals surface area contributed by atoms with Crippen molar-refractivity contribution in [2.75, 3.05) is 5.32 Å². The van der Waals surface area contributed by atoms with E-state index in [9.17, 15) is 4.39 Å². The third-order valence-corrected chi connectivity index (χ3v) is 5.65. The van der Waals surface area contributed by atoms with Gasteiger partial charge in [0.1, 0.15) is 5.82 Å². The van der Waals surface area contributed by atoms with Crippen molar-refractivity contribution in [2.24, 2.45) is 23.7 Å². The SMILES string of the molecule is Fc1ccc(NC(=S)N[C@@H]2C[C@H]3C[C@@H]2[C@H]2C=CC[C@H]32)cc1. The van der Waals surface area contributed by atoms with Crippen LogP contribution in [-0.4, -0.2) is 11.2 Å². The molecule has 5 atom stereocenters.